The van der Waals surface area contributed by atoms with Crippen LogP contribution in [0.15, 0.2) is 30.3 Å². The van der Waals surface area contributed by atoms with Crippen LogP contribution in [0.2, 0.25) is 8.94 Å². The van der Waals surface area contributed by atoms with Crippen molar-refractivity contribution in [2.45, 2.75) is 28.6 Å². The zero-order chi connectivity index (χ0) is 10.9. The second-order valence-electron chi connectivity index (χ2n) is 3.31. The molecular formula is C12H18O2Te. The average Bonchev–Trinajstić information content (AvgIpc) is 2.28. The first-order chi connectivity index (χ1) is 7.33. The molecule has 0 aliphatic heterocycles. The molecule has 0 amide bonds. The maximum atomic E-state index is 9.57. The van der Waals surface area contributed by atoms with Crippen molar-refractivity contribution in [3.63, 3.8) is 0 Å². The summed E-state index contributed by atoms with van der Waals surface area (Å²) in [6.07, 6.45) is -0.254. The second kappa shape index (κ2) is 8.12. The van der Waals surface area contributed by atoms with Crippen molar-refractivity contribution in [2.75, 3.05) is 6.61 Å². The molecule has 1 N–H and O–H groups in total. The summed E-state index contributed by atoms with van der Waals surface area (Å²) in [5.41, 5.74) is 1.16. The maximum absolute atomic E-state index is 9.57. The fourth-order valence-electron chi connectivity index (χ4n) is 1.19. The van der Waals surface area contributed by atoms with E-state index in [9.17, 15) is 5.11 Å². The second-order valence-corrected chi connectivity index (χ2v) is 7.08. The van der Waals surface area contributed by atoms with Crippen LogP contribution in [0.3, 0.4) is 0 Å². The fraction of sp³-hybridized carbons (Fsp3) is 0.500. The van der Waals surface area contributed by atoms with Gasteiger partial charge in [0.15, 0.2) is 0 Å². The van der Waals surface area contributed by atoms with E-state index in [1.54, 1.807) is 0 Å². The molecule has 0 saturated heterocycles. The summed E-state index contributed by atoms with van der Waals surface area (Å²) in [6.45, 7) is 3.25. The molecule has 1 rings (SSSR count). The van der Waals surface area contributed by atoms with Crippen LogP contribution in [0.5, 0.6) is 0 Å². The van der Waals surface area contributed by atoms with Gasteiger partial charge >= 0.3 is 102 Å². The van der Waals surface area contributed by atoms with E-state index in [1.807, 2.05) is 30.3 Å². The number of hydrogen-bond donors (Lipinski definition) is 1. The zero-order valence-corrected chi connectivity index (χ0v) is 11.4. The molecule has 0 heterocycles. The van der Waals surface area contributed by atoms with Gasteiger partial charge in [-0.05, 0) is 0 Å². The summed E-state index contributed by atoms with van der Waals surface area (Å²) in [5.74, 6) is 0. The van der Waals surface area contributed by atoms with Gasteiger partial charge in [0.1, 0.15) is 0 Å². The first-order valence-electron chi connectivity index (χ1n) is 5.20. The van der Waals surface area contributed by atoms with Crippen molar-refractivity contribution in [2.24, 2.45) is 0 Å². The quantitative estimate of drug-likeness (QED) is 0.780. The summed E-state index contributed by atoms with van der Waals surface area (Å²) < 4.78 is 7.67. The molecule has 1 aromatic rings. The zero-order valence-electron chi connectivity index (χ0n) is 9.06. The topological polar surface area (TPSA) is 29.5 Å². The van der Waals surface area contributed by atoms with Gasteiger partial charge < -0.3 is 0 Å². The Morgan fingerprint density at radius 1 is 1.33 bits per heavy atom. The Morgan fingerprint density at radius 3 is 2.73 bits per heavy atom. The van der Waals surface area contributed by atoms with Crippen LogP contribution < -0.4 is 0 Å². The van der Waals surface area contributed by atoms with Crippen LogP contribution in [0.4, 0.5) is 0 Å². The van der Waals surface area contributed by atoms with Crippen molar-refractivity contribution in [3.05, 3.63) is 35.9 Å². The summed E-state index contributed by atoms with van der Waals surface area (Å²) in [4.78, 5) is 0. The fourth-order valence-corrected chi connectivity index (χ4v) is 2.91. The van der Waals surface area contributed by atoms with E-state index in [-0.39, 0.29) is 27.0 Å². The summed E-state index contributed by atoms with van der Waals surface area (Å²) in [7, 11) is 0. The standard InChI is InChI=1S/C12H18O2Te/c1-2-15-10-12(13)9-14-8-11-6-4-3-5-7-11/h3-7,12-13H,2,8-10H2,1H3. The van der Waals surface area contributed by atoms with E-state index < -0.39 is 0 Å². The molecule has 15 heavy (non-hydrogen) atoms. The van der Waals surface area contributed by atoms with Crippen LogP contribution in [-0.4, -0.2) is 38.7 Å². The number of ether oxygens (including phenoxy) is 1. The van der Waals surface area contributed by atoms with Crippen LogP contribution in [0.1, 0.15) is 12.5 Å². The monoisotopic (exact) mass is 324 g/mol. The number of aliphatic hydroxyl groups is 1. The van der Waals surface area contributed by atoms with Crippen LogP contribution in [-0.2, 0) is 11.3 Å². The molecule has 0 bridgehead atoms. The summed E-state index contributed by atoms with van der Waals surface area (Å²) in [6, 6.07) is 10.1. The molecule has 1 atom stereocenters. The molecule has 0 aliphatic rings. The van der Waals surface area contributed by atoms with Gasteiger partial charge in [-0.15, -0.1) is 0 Å². The van der Waals surface area contributed by atoms with E-state index in [0.29, 0.717) is 13.2 Å². The predicted molar refractivity (Wildman–Crippen MR) is 63.1 cm³/mol. The molecule has 2 nitrogen and oxygen atoms in total. The Balaban J connectivity index is 2.11. The molecule has 1 aromatic carbocycles. The number of aliphatic hydroxyl groups excluding tert-OH is 1. The molecular weight excluding hydrogens is 304 g/mol. The Morgan fingerprint density at radius 2 is 2.07 bits per heavy atom. The Bertz CT molecular complexity index is 251. The third kappa shape index (κ3) is 6.17. The molecule has 3 heteroatoms. The minimum absolute atomic E-state index is 0.0246. The van der Waals surface area contributed by atoms with Gasteiger partial charge in [-0.3, -0.25) is 0 Å². The van der Waals surface area contributed by atoms with Gasteiger partial charge in [-0.25, -0.2) is 0 Å². The van der Waals surface area contributed by atoms with Crippen molar-refractivity contribution >= 4 is 20.9 Å². The molecule has 0 aromatic heterocycles. The molecule has 1 unspecified atom stereocenters. The third-order valence-corrected chi connectivity index (χ3v) is 4.87. The SMILES string of the molecule is CC[Te]CC(O)COCc1ccccc1. The van der Waals surface area contributed by atoms with E-state index in [1.165, 1.54) is 4.47 Å². The van der Waals surface area contributed by atoms with Gasteiger partial charge in [0.05, 0.1) is 0 Å². The molecule has 0 aliphatic carbocycles. The van der Waals surface area contributed by atoms with Gasteiger partial charge in [-0.1, -0.05) is 0 Å². The molecule has 84 valence electrons. The van der Waals surface area contributed by atoms with Crippen LogP contribution in [0, 0.1) is 0 Å². The van der Waals surface area contributed by atoms with Gasteiger partial charge in [0.2, 0.25) is 0 Å². The van der Waals surface area contributed by atoms with Crippen molar-refractivity contribution < 1.29 is 9.84 Å². The summed E-state index contributed by atoms with van der Waals surface area (Å²) >= 11 is 0.0246. The van der Waals surface area contributed by atoms with Gasteiger partial charge in [-0.2, -0.15) is 0 Å². The Labute approximate surface area is 102 Å². The van der Waals surface area contributed by atoms with E-state index >= 15 is 0 Å². The molecule has 0 radical (unpaired) electrons. The Kier molecular flexibility index (Phi) is 7.04. The number of hydrogen-bond acceptors (Lipinski definition) is 2. The third-order valence-electron chi connectivity index (χ3n) is 1.94. The first-order valence-corrected chi connectivity index (χ1v) is 8.50. The summed E-state index contributed by atoms with van der Waals surface area (Å²) in [5, 5.41) is 9.57. The molecule has 0 fully saturated rings. The van der Waals surface area contributed by atoms with E-state index in [0.717, 1.165) is 10.0 Å². The predicted octanol–water partition coefficient (Wildman–Crippen LogP) is 2.12. The van der Waals surface area contributed by atoms with Gasteiger partial charge in [0.25, 0.3) is 0 Å². The van der Waals surface area contributed by atoms with Crippen LogP contribution >= 0.6 is 0 Å². The van der Waals surface area contributed by atoms with Gasteiger partial charge in [0, 0.05) is 0 Å². The Hall–Kier alpha value is -0.0704. The number of benzene rings is 1. The van der Waals surface area contributed by atoms with Crippen molar-refractivity contribution in [1.82, 2.24) is 0 Å². The molecule has 0 saturated carbocycles. The minimum atomic E-state index is -0.254. The van der Waals surface area contributed by atoms with Crippen LogP contribution in [0.25, 0.3) is 0 Å². The van der Waals surface area contributed by atoms with E-state index in [4.69, 9.17) is 4.74 Å². The van der Waals surface area contributed by atoms with E-state index in [2.05, 4.69) is 6.92 Å². The first kappa shape index (κ1) is 13.0. The average molecular weight is 322 g/mol. The molecule has 0 spiro atoms. The number of rotatable bonds is 7. The normalized spacial score (nSPS) is 12.7. The van der Waals surface area contributed by atoms with Crippen molar-refractivity contribution in [1.29, 1.82) is 0 Å². The van der Waals surface area contributed by atoms with Crippen molar-refractivity contribution in [3.8, 4) is 0 Å².